The zero-order valence-electron chi connectivity index (χ0n) is 24.8. The molecule has 0 saturated carbocycles. The number of ether oxygens (including phenoxy) is 1. The van der Waals surface area contributed by atoms with Crippen molar-refractivity contribution in [2.24, 2.45) is 0 Å². The molecule has 0 amide bonds. The number of fused-ring (bicyclic) bond motifs is 1. The minimum Gasteiger partial charge on any atom is -0.493 e. The molecule has 0 bridgehead atoms. The van der Waals surface area contributed by atoms with Crippen LogP contribution in [0.1, 0.15) is 38.8 Å². The molecular weight excluding hydrogens is 606 g/mol. The maximum absolute atomic E-state index is 14.5. The lowest BCUT2D eigenvalue weighted by molar-refractivity contribution is 0.0697. The zero-order valence-corrected chi connectivity index (χ0v) is 25.6. The van der Waals surface area contributed by atoms with Crippen LogP contribution in [0.25, 0.3) is 10.9 Å². The Kier molecular flexibility index (Phi) is 9.31. The second-order valence-corrected chi connectivity index (χ2v) is 11.3. The highest BCUT2D eigenvalue weighted by molar-refractivity contribution is 6.31. The molecule has 0 unspecified atom stereocenters. The van der Waals surface area contributed by atoms with E-state index in [4.69, 9.17) is 16.3 Å². The summed E-state index contributed by atoms with van der Waals surface area (Å²) in [5.41, 5.74) is 5.13. The molecular formula is C38H31ClF2N2O3. The Bertz CT molecular complexity index is 1900. The van der Waals surface area contributed by atoms with Gasteiger partial charge in [-0.05, 0) is 71.3 Å². The number of benzene rings is 5. The number of hydrogen-bond donors (Lipinski definition) is 2. The van der Waals surface area contributed by atoms with Gasteiger partial charge in [0.25, 0.3) is 0 Å². The first-order valence-electron chi connectivity index (χ1n) is 15.0. The Morgan fingerprint density at radius 2 is 1.43 bits per heavy atom. The second-order valence-electron chi connectivity index (χ2n) is 10.9. The van der Waals surface area contributed by atoms with E-state index < -0.39 is 17.6 Å². The van der Waals surface area contributed by atoms with E-state index in [2.05, 4.69) is 34.1 Å². The molecule has 0 atom stereocenters. The Balaban J connectivity index is 1.44. The van der Waals surface area contributed by atoms with Crippen LogP contribution < -0.4 is 10.1 Å². The quantitative estimate of drug-likeness (QED) is 0.141. The van der Waals surface area contributed by atoms with E-state index in [1.165, 1.54) is 30.3 Å². The third-order valence-electron chi connectivity index (χ3n) is 8.02. The molecule has 0 aliphatic rings. The molecule has 0 spiro atoms. The predicted octanol–water partition coefficient (Wildman–Crippen LogP) is 9.18. The molecule has 0 saturated heterocycles. The number of nitrogens with zero attached hydrogens (tertiary/aromatic N) is 1. The number of hydrogen-bond acceptors (Lipinski definition) is 3. The third-order valence-corrected chi connectivity index (χ3v) is 8.25. The number of halogens is 3. The van der Waals surface area contributed by atoms with Crippen LogP contribution >= 0.6 is 11.6 Å². The van der Waals surface area contributed by atoms with Crippen molar-refractivity contribution < 1.29 is 23.4 Å². The van der Waals surface area contributed by atoms with Gasteiger partial charge in [0, 0.05) is 41.0 Å². The highest BCUT2D eigenvalue weighted by Crippen LogP contribution is 2.38. The van der Waals surface area contributed by atoms with E-state index in [1.54, 1.807) is 12.1 Å². The number of para-hydroxylation sites is 1. The fraction of sp³-hybridized carbons (Fsp3) is 0.132. The zero-order chi connectivity index (χ0) is 32.0. The van der Waals surface area contributed by atoms with Gasteiger partial charge in [0.1, 0.15) is 23.1 Å². The van der Waals surface area contributed by atoms with Crippen LogP contribution in [-0.4, -0.2) is 28.8 Å². The highest BCUT2D eigenvalue weighted by Gasteiger charge is 2.25. The number of carbonyl (C=O) groups is 1. The van der Waals surface area contributed by atoms with E-state index in [0.29, 0.717) is 30.2 Å². The summed E-state index contributed by atoms with van der Waals surface area (Å²) in [5, 5.41) is 13.8. The lowest BCUT2D eigenvalue weighted by atomic mass is 9.97. The van der Waals surface area contributed by atoms with Crippen LogP contribution in [0.2, 0.25) is 5.02 Å². The number of carboxylic acid groups (broad SMARTS) is 1. The predicted molar refractivity (Wildman–Crippen MR) is 178 cm³/mol. The van der Waals surface area contributed by atoms with Gasteiger partial charge in [-0.2, -0.15) is 0 Å². The summed E-state index contributed by atoms with van der Waals surface area (Å²) in [6.07, 6.45) is 0.948. The van der Waals surface area contributed by atoms with Gasteiger partial charge in [0.15, 0.2) is 0 Å². The van der Waals surface area contributed by atoms with Crippen molar-refractivity contribution in [2.45, 2.75) is 18.9 Å². The second kappa shape index (κ2) is 13.9. The van der Waals surface area contributed by atoms with Gasteiger partial charge in [-0.1, -0.05) is 78.3 Å². The number of nitrogens with one attached hydrogen (secondary N) is 1. The first-order chi connectivity index (χ1) is 22.4. The molecule has 8 heteroatoms. The van der Waals surface area contributed by atoms with Crippen LogP contribution in [-0.2, 0) is 12.8 Å². The Morgan fingerprint density at radius 3 is 2.04 bits per heavy atom. The fourth-order valence-corrected chi connectivity index (χ4v) is 6.12. The number of anilines is 1. The normalized spacial score (nSPS) is 11.2. The van der Waals surface area contributed by atoms with Gasteiger partial charge >= 0.3 is 5.97 Å². The SMILES string of the molecule is O=C(O)c1ccc(OCCc2c(CCNc3c(F)cccc3F)n(C(c3ccccc3)c3ccccc3)c3ccc(Cl)cc23)cc1. The van der Waals surface area contributed by atoms with Crippen LogP contribution in [0, 0.1) is 11.6 Å². The minimum atomic E-state index is -1.00. The maximum Gasteiger partial charge on any atom is 0.335 e. The van der Waals surface area contributed by atoms with Gasteiger partial charge in [0.05, 0.1) is 18.2 Å². The number of carboxylic acids is 1. The topological polar surface area (TPSA) is 63.5 Å². The van der Waals surface area contributed by atoms with Gasteiger partial charge in [-0.15, -0.1) is 0 Å². The van der Waals surface area contributed by atoms with E-state index in [1.807, 2.05) is 54.6 Å². The summed E-state index contributed by atoms with van der Waals surface area (Å²) in [6, 6.07) is 36.1. The van der Waals surface area contributed by atoms with Crippen molar-refractivity contribution in [1.29, 1.82) is 0 Å². The minimum absolute atomic E-state index is 0.162. The Morgan fingerprint density at radius 1 is 0.804 bits per heavy atom. The molecule has 1 aromatic heterocycles. The van der Waals surface area contributed by atoms with Crippen LogP contribution in [0.5, 0.6) is 5.75 Å². The van der Waals surface area contributed by atoms with Crippen LogP contribution in [0.15, 0.2) is 121 Å². The summed E-state index contributed by atoms with van der Waals surface area (Å²) >= 11 is 6.57. The molecule has 0 fully saturated rings. The number of rotatable bonds is 12. The standard InChI is InChI=1S/C38H31ClF2N2O3/c39-28-16-19-34-31(24-28)30(21-23-46-29-17-14-27(15-18-29)38(44)45)35(20-22-42-36-32(40)12-7-13-33(36)41)43(34)37(25-8-3-1-4-9-25)26-10-5-2-6-11-26/h1-19,24,37,42H,20-23H2,(H,44,45). The maximum atomic E-state index is 14.5. The van der Waals surface area contributed by atoms with Crippen molar-refractivity contribution in [1.82, 2.24) is 4.57 Å². The van der Waals surface area contributed by atoms with Crippen molar-refractivity contribution in [3.8, 4) is 5.75 Å². The van der Waals surface area contributed by atoms with E-state index >= 15 is 0 Å². The van der Waals surface area contributed by atoms with Crippen LogP contribution in [0.4, 0.5) is 14.5 Å². The smallest absolute Gasteiger partial charge is 0.335 e. The van der Waals surface area contributed by atoms with Crippen molar-refractivity contribution in [3.63, 3.8) is 0 Å². The fourth-order valence-electron chi connectivity index (χ4n) is 5.95. The lowest BCUT2D eigenvalue weighted by Crippen LogP contribution is -2.18. The number of aromatic carboxylic acids is 1. The summed E-state index contributed by atoms with van der Waals surface area (Å²) in [4.78, 5) is 11.3. The van der Waals surface area contributed by atoms with E-state index in [9.17, 15) is 18.7 Å². The van der Waals surface area contributed by atoms with Gasteiger partial charge in [-0.3, -0.25) is 0 Å². The first-order valence-corrected chi connectivity index (χ1v) is 15.3. The largest absolute Gasteiger partial charge is 0.493 e. The third kappa shape index (κ3) is 6.60. The highest BCUT2D eigenvalue weighted by atomic mass is 35.5. The molecule has 1 heterocycles. The molecule has 6 aromatic rings. The van der Waals surface area contributed by atoms with Gasteiger partial charge < -0.3 is 19.7 Å². The summed E-state index contributed by atoms with van der Waals surface area (Å²) in [5.74, 6) is -1.75. The average molecular weight is 637 g/mol. The molecule has 6 rings (SSSR count). The van der Waals surface area contributed by atoms with Crippen molar-refractivity contribution in [3.05, 3.63) is 166 Å². The lowest BCUT2D eigenvalue weighted by Gasteiger charge is -2.25. The average Bonchev–Trinajstić information content (AvgIpc) is 3.35. The molecule has 46 heavy (non-hydrogen) atoms. The first kappa shape index (κ1) is 30.9. The summed E-state index contributed by atoms with van der Waals surface area (Å²) < 4.78 is 37.5. The summed E-state index contributed by atoms with van der Waals surface area (Å²) in [6.45, 7) is 0.574. The molecule has 5 nitrogen and oxygen atoms in total. The molecule has 5 aromatic carbocycles. The molecule has 232 valence electrons. The van der Waals surface area contributed by atoms with Crippen molar-refractivity contribution in [2.75, 3.05) is 18.5 Å². The number of aromatic nitrogens is 1. The van der Waals surface area contributed by atoms with Crippen LogP contribution in [0.3, 0.4) is 0 Å². The molecule has 2 N–H and O–H groups in total. The Labute approximate surface area is 270 Å². The molecule has 0 radical (unpaired) electrons. The van der Waals surface area contributed by atoms with Gasteiger partial charge in [0.2, 0.25) is 0 Å². The molecule has 0 aliphatic heterocycles. The molecule has 0 aliphatic carbocycles. The monoisotopic (exact) mass is 636 g/mol. The van der Waals surface area contributed by atoms with E-state index in [-0.39, 0.29) is 23.8 Å². The van der Waals surface area contributed by atoms with Gasteiger partial charge in [-0.25, -0.2) is 13.6 Å². The Hall–Kier alpha value is -5.14. The van der Waals surface area contributed by atoms with Crippen molar-refractivity contribution >= 4 is 34.2 Å². The summed E-state index contributed by atoms with van der Waals surface area (Å²) in [7, 11) is 0. The van der Waals surface area contributed by atoms with E-state index in [0.717, 1.165) is 33.3 Å².